The van der Waals surface area contributed by atoms with Crippen molar-refractivity contribution in [3.63, 3.8) is 0 Å². The molecule has 150 valence electrons. The minimum absolute atomic E-state index is 0. The van der Waals surface area contributed by atoms with E-state index in [0.29, 0.717) is 19.0 Å². The Bertz CT molecular complexity index is 739. The number of aromatic nitrogens is 3. The summed E-state index contributed by atoms with van der Waals surface area (Å²) in [5.41, 5.74) is 0.800. The van der Waals surface area contributed by atoms with Crippen molar-refractivity contribution in [1.29, 1.82) is 0 Å². The lowest BCUT2D eigenvalue weighted by Gasteiger charge is -2.41. The predicted molar refractivity (Wildman–Crippen MR) is 109 cm³/mol. The van der Waals surface area contributed by atoms with Gasteiger partial charge in [-0.3, -0.25) is 9.20 Å². The predicted octanol–water partition coefficient (Wildman–Crippen LogP) is 1.56. The number of carbonyl (C=O) groups is 1. The van der Waals surface area contributed by atoms with E-state index in [2.05, 4.69) is 26.1 Å². The molecule has 2 aliphatic rings. The fraction of sp³-hybridized carbons (Fsp3) is 0.611. The van der Waals surface area contributed by atoms with Crippen molar-refractivity contribution < 1.29 is 4.79 Å². The van der Waals surface area contributed by atoms with Crippen molar-refractivity contribution in [3.05, 3.63) is 30.2 Å². The van der Waals surface area contributed by atoms with Crippen molar-refractivity contribution in [2.24, 2.45) is 11.8 Å². The standard InChI is InChI=1S/C18H26N6O.2ClH/c25-18(21-12-17-23-22-16-5-1-2-7-24(16)17)6-3-4-15-14-8-13(10-20-15)9-19-11-14;;/h1-2,5,7,13-15,19-20H,3-4,6,8-12H2,(H,21,25);2*1H/t13-,14+,15-;;/m0../s1. The first-order valence-electron chi connectivity index (χ1n) is 9.29. The summed E-state index contributed by atoms with van der Waals surface area (Å²) in [7, 11) is 0. The molecular formula is C18H28Cl2N6O. The second-order valence-electron chi connectivity index (χ2n) is 7.25. The molecule has 2 fully saturated rings. The number of halogens is 2. The third-order valence-electron chi connectivity index (χ3n) is 5.46. The van der Waals surface area contributed by atoms with Crippen molar-refractivity contribution in [2.75, 3.05) is 19.6 Å². The lowest BCUT2D eigenvalue weighted by molar-refractivity contribution is -0.121. The van der Waals surface area contributed by atoms with Crippen LogP contribution in [-0.4, -0.2) is 46.2 Å². The summed E-state index contributed by atoms with van der Waals surface area (Å²) < 4.78 is 1.90. The maximum absolute atomic E-state index is 12.1. The highest BCUT2D eigenvalue weighted by Gasteiger charge is 2.32. The van der Waals surface area contributed by atoms with Crippen LogP contribution in [0.2, 0.25) is 0 Å². The quantitative estimate of drug-likeness (QED) is 0.667. The molecule has 27 heavy (non-hydrogen) atoms. The molecule has 0 aromatic carbocycles. The van der Waals surface area contributed by atoms with Gasteiger partial charge in [-0.05, 0) is 62.9 Å². The number of rotatable bonds is 6. The third kappa shape index (κ3) is 5.31. The molecule has 0 radical (unpaired) electrons. The van der Waals surface area contributed by atoms with E-state index >= 15 is 0 Å². The summed E-state index contributed by atoms with van der Waals surface area (Å²) in [5, 5.41) is 18.4. The molecule has 1 amide bonds. The number of carbonyl (C=O) groups excluding carboxylic acids is 1. The van der Waals surface area contributed by atoms with E-state index in [4.69, 9.17) is 0 Å². The zero-order valence-electron chi connectivity index (χ0n) is 15.3. The van der Waals surface area contributed by atoms with Gasteiger partial charge < -0.3 is 16.0 Å². The zero-order valence-corrected chi connectivity index (χ0v) is 16.9. The van der Waals surface area contributed by atoms with Crippen LogP contribution in [-0.2, 0) is 11.3 Å². The van der Waals surface area contributed by atoms with Crippen LogP contribution in [0.4, 0.5) is 0 Å². The molecule has 7 nitrogen and oxygen atoms in total. The molecule has 2 saturated heterocycles. The molecular weight excluding hydrogens is 387 g/mol. The Kier molecular flexibility index (Phi) is 8.28. The Morgan fingerprint density at radius 1 is 1.22 bits per heavy atom. The molecule has 0 aliphatic carbocycles. The van der Waals surface area contributed by atoms with Gasteiger partial charge in [-0.25, -0.2) is 0 Å². The van der Waals surface area contributed by atoms with E-state index in [1.54, 1.807) is 0 Å². The molecule has 2 bridgehead atoms. The fourth-order valence-electron chi connectivity index (χ4n) is 4.11. The Labute approximate surface area is 171 Å². The first-order chi connectivity index (χ1) is 12.3. The zero-order chi connectivity index (χ0) is 17.1. The van der Waals surface area contributed by atoms with Gasteiger partial charge in [0.1, 0.15) is 0 Å². The highest BCUT2D eigenvalue weighted by atomic mass is 35.5. The van der Waals surface area contributed by atoms with Crippen molar-refractivity contribution in [1.82, 2.24) is 30.5 Å². The normalized spacial score (nSPS) is 23.9. The maximum Gasteiger partial charge on any atom is 0.220 e. The van der Waals surface area contributed by atoms with E-state index in [-0.39, 0.29) is 30.7 Å². The van der Waals surface area contributed by atoms with Gasteiger partial charge in [-0.1, -0.05) is 6.07 Å². The average Bonchev–Trinajstić information content (AvgIpc) is 3.05. The minimum atomic E-state index is 0. The second kappa shape index (κ2) is 10.2. The van der Waals surface area contributed by atoms with Gasteiger partial charge in [0.15, 0.2) is 11.5 Å². The number of fused-ring (bicyclic) bond motifs is 3. The lowest BCUT2D eigenvalue weighted by atomic mass is 9.80. The summed E-state index contributed by atoms with van der Waals surface area (Å²) >= 11 is 0. The Hall–Kier alpha value is -1.41. The van der Waals surface area contributed by atoms with E-state index in [1.165, 1.54) is 6.42 Å². The van der Waals surface area contributed by atoms with Crippen LogP contribution in [0.15, 0.2) is 24.4 Å². The molecule has 0 saturated carbocycles. The van der Waals surface area contributed by atoms with Crippen LogP contribution in [0.1, 0.15) is 31.5 Å². The summed E-state index contributed by atoms with van der Waals surface area (Å²) in [5.74, 6) is 2.36. The first-order valence-corrected chi connectivity index (χ1v) is 9.29. The summed E-state index contributed by atoms with van der Waals surface area (Å²) in [4.78, 5) is 12.1. The van der Waals surface area contributed by atoms with Crippen LogP contribution in [0.5, 0.6) is 0 Å². The van der Waals surface area contributed by atoms with Gasteiger partial charge in [0.05, 0.1) is 6.54 Å². The summed E-state index contributed by atoms with van der Waals surface area (Å²) in [6.45, 7) is 3.79. The largest absolute Gasteiger partial charge is 0.349 e. The minimum Gasteiger partial charge on any atom is -0.349 e. The second-order valence-corrected chi connectivity index (χ2v) is 7.25. The molecule has 9 heteroatoms. The van der Waals surface area contributed by atoms with Crippen molar-refractivity contribution >= 4 is 36.4 Å². The number of pyridine rings is 1. The van der Waals surface area contributed by atoms with Crippen molar-refractivity contribution in [3.8, 4) is 0 Å². The van der Waals surface area contributed by atoms with Gasteiger partial charge in [0.25, 0.3) is 0 Å². The smallest absolute Gasteiger partial charge is 0.220 e. The van der Waals surface area contributed by atoms with E-state index in [9.17, 15) is 4.79 Å². The van der Waals surface area contributed by atoms with Crippen molar-refractivity contribution in [2.45, 2.75) is 38.3 Å². The fourth-order valence-corrected chi connectivity index (χ4v) is 4.11. The van der Waals surface area contributed by atoms with Crippen LogP contribution >= 0.6 is 24.8 Å². The van der Waals surface area contributed by atoms with Gasteiger partial charge in [0, 0.05) is 18.7 Å². The van der Waals surface area contributed by atoms with Gasteiger partial charge in [-0.2, -0.15) is 0 Å². The van der Waals surface area contributed by atoms with Gasteiger partial charge in [-0.15, -0.1) is 35.0 Å². The topological polar surface area (TPSA) is 83.4 Å². The Morgan fingerprint density at radius 2 is 2.11 bits per heavy atom. The highest BCUT2D eigenvalue weighted by molar-refractivity contribution is 5.85. The number of hydrogen-bond acceptors (Lipinski definition) is 5. The van der Waals surface area contributed by atoms with Gasteiger partial charge in [0.2, 0.25) is 5.91 Å². The average molecular weight is 415 g/mol. The molecule has 0 unspecified atom stereocenters. The number of nitrogens with zero attached hydrogens (tertiary/aromatic N) is 3. The van der Waals surface area contributed by atoms with Crippen LogP contribution in [0, 0.1) is 11.8 Å². The molecule has 3 N–H and O–H groups in total. The number of piperidine rings is 2. The number of hydrogen-bond donors (Lipinski definition) is 3. The third-order valence-corrected chi connectivity index (χ3v) is 5.46. The summed E-state index contributed by atoms with van der Waals surface area (Å²) in [6.07, 6.45) is 5.80. The van der Waals surface area contributed by atoms with E-state index in [1.807, 2.05) is 28.8 Å². The first kappa shape index (κ1) is 21.9. The Morgan fingerprint density at radius 3 is 3.00 bits per heavy atom. The molecule has 4 heterocycles. The van der Waals surface area contributed by atoms with Crippen LogP contribution in [0.3, 0.4) is 0 Å². The monoisotopic (exact) mass is 414 g/mol. The molecule has 2 aliphatic heterocycles. The SMILES string of the molecule is Cl.Cl.O=C(CCC[C@@H]1NC[C@@H]2CNC[C@H]1C2)NCc1nnc2ccccn12. The number of amides is 1. The number of nitrogens with one attached hydrogen (secondary N) is 3. The Balaban J connectivity index is 0.00000131. The lowest BCUT2D eigenvalue weighted by Crippen LogP contribution is -2.54. The molecule has 3 atom stereocenters. The van der Waals surface area contributed by atoms with Crippen LogP contribution in [0.25, 0.3) is 5.65 Å². The van der Waals surface area contributed by atoms with E-state index in [0.717, 1.165) is 55.8 Å². The van der Waals surface area contributed by atoms with E-state index < -0.39 is 0 Å². The van der Waals surface area contributed by atoms with Crippen LogP contribution < -0.4 is 16.0 Å². The van der Waals surface area contributed by atoms with Gasteiger partial charge >= 0.3 is 0 Å². The maximum atomic E-state index is 12.1. The molecule has 2 aromatic heterocycles. The highest BCUT2D eigenvalue weighted by Crippen LogP contribution is 2.26. The summed E-state index contributed by atoms with van der Waals surface area (Å²) in [6, 6.07) is 6.32. The molecule has 2 aromatic rings. The molecule has 4 rings (SSSR count). The molecule has 0 spiro atoms.